The average Bonchev–Trinajstić information content (AvgIpc) is 3.28. The summed E-state index contributed by atoms with van der Waals surface area (Å²) in [6.07, 6.45) is -1.76. The maximum Gasteiger partial charge on any atom is 0.419 e. The average molecular weight is 554 g/mol. The van der Waals surface area contributed by atoms with Gasteiger partial charge in [-0.2, -0.15) is 22.6 Å². The minimum atomic E-state index is -5.09. The van der Waals surface area contributed by atoms with Crippen molar-refractivity contribution in [3.63, 3.8) is 0 Å². The molecular formula is C25H20F5N3O4S. The SMILES string of the molecule is COC(=O)C12Cc3cnn(-c4ccc(F)cc4)c3C=C1CCN(S(=O)(=O)c1ccc(F)c(C(F)(F)F)c1)C2. The lowest BCUT2D eigenvalue weighted by atomic mass is 9.69. The molecule has 1 aliphatic heterocycles. The normalized spacial score (nSPS) is 19.9. The van der Waals surface area contributed by atoms with Gasteiger partial charge in [0.2, 0.25) is 10.0 Å². The maximum atomic E-state index is 13.8. The van der Waals surface area contributed by atoms with E-state index in [0.29, 0.717) is 28.6 Å². The Morgan fingerprint density at radius 1 is 1.11 bits per heavy atom. The van der Waals surface area contributed by atoms with E-state index in [1.807, 2.05) is 0 Å². The van der Waals surface area contributed by atoms with Gasteiger partial charge in [-0.05, 0) is 72.5 Å². The molecule has 2 aromatic carbocycles. The number of rotatable bonds is 4. The Kier molecular flexibility index (Phi) is 6.18. The summed E-state index contributed by atoms with van der Waals surface area (Å²) < 4.78 is 101. The zero-order valence-electron chi connectivity index (χ0n) is 19.8. The summed E-state index contributed by atoms with van der Waals surface area (Å²) in [4.78, 5) is 12.4. The third-order valence-electron chi connectivity index (χ3n) is 6.91. The van der Waals surface area contributed by atoms with Crippen LogP contribution in [-0.2, 0) is 32.2 Å². The van der Waals surface area contributed by atoms with Crippen LogP contribution in [0.3, 0.4) is 0 Å². The van der Waals surface area contributed by atoms with E-state index in [9.17, 15) is 35.2 Å². The Hall–Kier alpha value is -3.58. The van der Waals surface area contributed by atoms with E-state index >= 15 is 0 Å². The Morgan fingerprint density at radius 2 is 1.82 bits per heavy atom. The van der Waals surface area contributed by atoms with Gasteiger partial charge in [0, 0.05) is 13.1 Å². The fourth-order valence-electron chi connectivity index (χ4n) is 5.01. The summed E-state index contributed by atoms with van der Waals surface area (Å²) in [5.74, 6) is -2.72. The van der Waals surface area contributed by atoms with Crippen LogP contribution < -0.4 is 0 Å². The van der Waals surface area contributed by atoms with Gasteiger partial charge >= 0.3 is 12.1 Å². The van der Waals surface area contributed by atoms with E-state index in [0.717, 1.165) is 17.5 Å². The van der Waals surface area contributed by atoms with Crippen LogP contribution in [0.2, 0.25) is 0 Å². The number of ether oxygens (including phenoxy) is 1. The second-order valence-corrected chi connectivity index (χ2v) is 11.0. The number of carbonyl (C=O) groups excluding carboxylic acids is 1. The smallest absolute Gasteiger partial charge is 0.419 e. The molecule has 1 unspecified atom stereocenters. The van der Waals surface area contributed by atoms with Crippen LogP contribution in [0.15, 0.2) is 59.1 Å². The summed E-state index contributed by atoms with van der Waals surface area (Å²) in [6, 6.07) is 7.11. The van der Waals surface area contributed by atoms with Crippen LogP contribution in [-0.4, -0.2) is 48.7 Å². The van der Waals surface area contributed by atoms with Crippen LogP contribution in [0, 0.1) is 17.0 Å². The molecule has 5 rings (SSSR count). The van der Waals surface area contributed by atoms with Crippen molar-refractivity contribution < 1.29 is 39.9 Å². The van der Waals surface area contributed by atoms with Crippen LogP contribution >= 0.6 is 0 Å². The number of hydrogen-bond donors (Lipinski definition) is 0. The summed E-state index contributed by atoms with van der Waals surface area (Å²) in [7, 11) is -3.37. The van der Waals surface area contributed by atoms with Crippen molar-refractivity contribution in [2.75, 3.05) is 20.2 Å². The number of piperidine rings is 1. The number of benzene rings is 2. The number of alkyl halides is 3. The maximum absolute atomic E-state index is 13.8. The molecule has 7 nitrogen and oxygen atoms in total. The van der Waals surface area contributed by atoms with Gasteiger partial charge in [0.1, 0.15) is 17.0 Å². The van der Waals surface area contributed by atoms with Crippen molar-refractivity contribution in [2.24, 2.45) is 5.41 Å². The molecule has 2 heterocycles. The minimum absolute atomic E-state index is 0.0191. The Bertz CT molecular complexity index is 1560. The topological polar surface area (TPSA) is 81.5 Å². The fraction of sp³-hybridized carbons (Fsp3) is 0.280. The van der Waals surface area contributed by atoms with Crippen molar-refractivity contribution in [3.8, 4) is 5.69 Å². The number of halogens is 5. The van der Waals surface area contributed by atoms with Gasteiger partial charge in [0.25, 0.3) is 0 Å². The first-order chi connectivity index (χ1) is 17.9. The molecule has 1 saturated heterocycles. The predicted octanol–water partition coefficient (Wildman–Crippen LogP) is 4.36. The molecule has 0 radical (unpaired) electrons. The summed E-state index contributed by atoms with van der Waals surface area (Å²) in [6.45, 7) is -0.528. The minimum Gasteiger partial charge on any atom is -0.468 e. The first-order valence-electron chi connectivity index (χ1n) is 11.4. The van der Waals surface area contributed by atoms with Gasteiger partial charge in [0.05, 0.1) is 35.1 Å². The zero-order chi connectivity index (χ0) is 27.5. The van der Waals surface area contributed by atoms with Crippen LogP contribution in [0.25, 0.3) is 11.8 Å². The van der Waals surface area contributed by atoms with E-state index in [1.54, 1.807) is 10.8 Å². The van der Waals surface area contributed by atoms with Gasteiger partial charge in [-0.25, -0.2) is 21.9 Å². The Balaban J connectivity index is 1.54. The van der Waals surface area contributed by atoms with Gasteiger partial charge < -0.3 is 4.74 Å². The predicted molar refractivity (Wildman–Crippen MR) is 124 cm³/mol. The summed E-state index contributed by atoms with van der Waals surface area (Å²) in [5, 5.41) is 4.35. The molecule has 1 aromatic heterocycles. The second kappa shape index (κ2) is 9.02. The number of methoxy groups -OCH3 is 1. The number of carbonyl (C=O) groups is 1. The molecule has 13 heteroatoms. The number of esters is 1. The van der Waals surface area contributed by atoms with Crippen LogP contribution in [0.4, 0.5) is 22.0 Å². The highest BCUT2D eigenvalue weighted by molar-refractivity contribution is 7.89. The van der Waals surface area contributed by atoms with E-state index in [-0.39, 0.29) is 25.5 Å². The van der Waals surface area contributed by atoms with Crippen molar-refractivity contribution in [3.05, 3.63) is 82.7 Å². The van der Waals surface area contributed by atoms with Crippen LogP contribution in [0.1, 0.15) is 23.2 Å². The first-order valence-corrected chi connectivity index (χ1v) is 12.8. The molecule has 200 valence electrons. The lowest BCUT2D eigenvalue weighted by Crippen LogP contribution is -2.53. The highest BCUT2D eigenvalue weighted by Gasteiger charge is 2.52. The molecule has 0 spiro atoms. The molecule has 1 fully saturated rings. The highest BCUT2D eigenvalue weighted by atomic mass is 32.2. The lowest BCUT2D eigenvalue weighted by Gasteiger charge is -2.43. The number of nitrogens with zero attached hydrogens (tertiary/aromatic N) is 3. The molecule has 3 aromatic rings. The van der Waals surface area contributed by atoms with Crippen molar-refractivity contribution in [1.82, 2.24) is 14.1 Å². The molecule has 0 bridgehead atoms. The van der Waals surface area contributed by atoms with Crippen molar-refractivity contribution >= 4 is 22.1 Å². The summed E-state index contributed by atoms with van der Waals surface area (Å²) in [5.41, 5.74) is -0.764. The third-order valence-corrected chi connectivity index (χ3v) is 8.75. The molecule has 1 atom stereocenters. The quantitative estimate of drug-likeness (QED) is 0.354. The van der Waals surface area contributed by atoms with Crippen molar-refractivity contribution in [1.29, 1.82) is 0 Å². The van der Waals surface area contributed by atoms with E-state index in [2.05, 4.69) is 5.10 Å². The molecule has 0 saturated carbocycles. The zero-order valence-corrected chi connectivity index (χ0v) is 20.6. The number of sulfonamides is 1. The molecule has 2 aliphatic rings. The second-order valence-electron chi connectivity index (χ2n) is 9.09. The lowest BCUT2D eigenvalue weighted by molar-refractivity contribution is -0.151. The largest absolute Gasteiger partial charge is 0.468 e. The van der Waals surface area contributed by atoms with Gasteiger partial charge in [-0.1, -0.05) is 0 Å². The monoisotopic (exact) mass is 553 g/mol. The standard InChI is InChI=1S/C25H20F5N3O4S/c1-37-23(34)24-12-15-13-31-33(18-4-2-17(26)3-5-18)22(15)10-16(24)8-9-32(14-24)38(35,36)19-6-7-21(27)20(11-19)25(28,29)30/h2-7,10-11,13H,8-9,12,14H2,1H3. The molecular weight excluding hydrogens is 533 g/mol. The molecule has 0 amide bonds. The van der Waals surface area contributed by atoms with E-state index < -0.39 is 56.2 Å². The van der Waals surface area contributed by atoms with E-state index in [4.69, 9.17) is 4.74 Å². The summed E-state index contributed by atoms with van der Waals surface area (Å²) >= 11 is 0. The molecule has 1 aliphatic carbocycles. The molecule has 0 N–H and O–H groups in total. The highest BCUT2D eigenvalue weighted by Crippen LogP contribution is 2.46. The fourth-order valence-corrected chi connectivity index (χ4v) is 6.53. The van der Waals surface area contributed by atoms with E-state index in [1.165, 1.54) is 30.5 Å². The Morgan fingerprint density at radius 3 is 2.47 bits per heavy atom. The van der Waals surface area contributed by atoms with Crippen LogP contribution in [0.5, 0.6) is 0 Å². The first kappa shape index (κ1) is 26.0. The number of fused-ring (bicyclic) bond motifs is 2. The Labute approximate surface area is 214 Å². The third kappa shape index (κ3) is 4.19. The van der Waals surface area contributed by atoms with Gasteiger partial charge in [-0.3, -0.25) is 4.79 Å². The van der Waals surface area contributed by atoms with Gasteiger partial charge in [0.15, 0.2) is 0 Å². The van der Waals surface area contributed by atoms with Gasteiger partial charge in [-0.15, -0.1) is 0 Å². The number of aromatic nitrogens is 2. The molecule has 38 heavy (non-hydrogen) atoms. The number of hydrogen-bond acceptors (Lipinski definition) is 5. The van der Waals surface area contributed by atoms with Crippen molar-refractivity contribution in [2.45, 2.75) is 23.9 Å².